The molecule has 0 radical (unpaired) electrons. The Morgan fingerprint density at radius 2 is 1.90 bits per heavy atom. The maximum absolute atomic E-state index is 8.92. The van der Waals surface area contributed by atoms with Gasteiger partial charge in [0.2, 0.25) is 0 Å². The number of rotatable bonds is 6. The van der Waals surface area contributed by atoms with E-state index >= 15 is 0 Å². The Morgan fingerprint density at radius 1 is 1.14 bits per heavy atom. The Kier molecular flexibility index (Phi) is 5.22. The van der Waals surface area contributed by atoms with E-state index in [2.05, 4.69) is 47.6 Å². The number of nitrogens with zero attached hydrogens (tertiary/aromatic N) is 2. The summed E-state index contributed by atoms with van der Waals surface area (Å²) in [6, 6.07) is 18.4. The highest BCUT2D eigenvalue weighted by Gasteiger charge is 2.01. The smallest absolute Gasteiger partial charge is 0.0994 e. The van der Waals surface area contributed by atoms with E-state index in [0.29, 0.717) is 0 Å². The van der Waals surface area contributed by atoms with Crippen molar-refractivity contribution in [1.29, 1.82) is 5.26 Å². The monoisotopic (exact) mass is 279 g/mol. The van der Waals surface area contributed by atoms with E-state index in [0.717, 1.165) is 36.3 Å². The Balaban J connectivity index is 1.77. The molecule has 0 saturated carbocycles. The Labute approximate surface area is 126 Å². The summed E-state index contributed by atoms with van der Waals surface area (Å²) in [5, 5.41) is 12.3. The van der Waals surface area contributed by atoms with Crippen molar-refractivity contribution in [3.63, 3.8) is 0 Å². The lowest BCUT2D eigenvalue weighted by atomic mass is 10.1. The van der Waals surface area contributed by atoms with E-state index < -0.39 is 0 Å². The molecule has 0 spiro atoms. The zero-order valence-electron chi connectivity index (χ0n) is 12.6. The summed E-state index contributed by atoms with van der Waals surface area (Å²) in [6.45, 7) is 3.89. The second kappa shape index (κ2) is 7.35. The van der Waals surface area contributed by atoms with Gasteiger partial charge in [0.1, 0.15) is 0 Å². The molecule has 0 amide bonds. The molecular weight excluding hydrogens is 258 g/mol. The van der Waals surface area contributed by atoms with Gasteiger partial charge < -0.3 is 10.2 Å². The number of anilines is 2. The molecule has 0 heterocycles. The van der Waals surface area contributed by atoms with E-state index in [1.807, 2.05) is 31.2 Å². The molecule has 0 unspecified atom stereocenters. The van der Waals surface area contributed by atoms with Crippen molar-refractivity contribution in [2.75, 3.05) is 30.4 Å². The van der Waals surface area contributed by atoms with Gasteiger partial charge >= 0.3 is 0 Å². The van der Waals surface area contributed by atoms with E-state index in [1.165, 1.54) is 5.69 Å². The summed E-state index contributed by atoms with van der Waals surface area (Å²) in [4.78, 5) is 2.26. The van der Waals surface area contributed by atoms with Crippen LogP contribution in [0.2, 0.25) is 0 Å². The molecule has 0 aliphatic rings. The largest absolute Gasteiger partial charge is 0.385 e. The highest BCUT2D eigenvalue weighted by atomic mass is 15.1. The summed E-state index contributed by atoms with van der Waals surface area (Å²) < 4.78 is 0. The minimum atomic E-state index is 0.740. The maximum Gasteiger partial charge on any atom is 0.0994 e. The highest BCUT2D eigenvalue weighted by molar-refractivity contribution is 5.51. The van der Waals surface area contributed by atoms with Crippen LogP contribution in [0.1, 0.15) is 17.5 Å². The number of aryl methyl sites for hydroxylation is 1. The van der Waals surface area contributed by atoms with Gasteiger partial charge in [0, 0.05) is 31.5 Å². The number of benzene rings is 2. The summed E-state index contributed by atoms with van der Waals surface area (Å²) in [5.41, 5.74) is 4.08. The second-order valence-corrected chi connectivity index (χ2v) is 5.18. The van der Waals surface area contributed by atoms with Crippen LogP contribution in [0, 0.1) is 18.3 Å². The summed E-state index contributed by atoms with van der Waals surface area (Å²) >= 11 is 0. The minimum absolute atomic E-state index is 0.740. The van der Waals surface area contributed by atoms with Gasteiger partial charge in [-0.1, -0.05) is 18.2 Å². The molecule has 2 aromatic carbocycles. The van der Waals surface area contributed by atoms with Gasteiger partial charge in [0.05, 0.1) is 11.6 Å². The number of nitrogens with one attached hydrogen (secondary N) is 1. The normalized spacial score (nSPS) is 9.95. The van der Waals surface area contributed by atoms with Crippen molar-refractivity contribution < 1.29 is 0 Å². The van der Waals surface area contributed by atoms with Crippen molar-refractivity contribution >= 4 is 11.4 Å². The van der Waals surface area contributed by atoms with Crippen LogP contribution in [0.25, 0.3) is 0 Å². The predicted octanol–water partition coefficient (Wildman–Crippen LogP) is 3.81. The van der Waals surface area contributed by atoms with Gasteiger partial charge in [-0.25, -0.2) is 0 Å². The molecule has 0 atom stereocenters. The van der Waals surface area contributed by atoms with Crippen LogP contribution in [0.15, 0.2) is 48.5 Å². The highest BCUT2D eigenvalue weighted by Crippen LogP contribution is 2.15. The van der Waals surface area contributed by atoms with Crippen LogP contribution in [0.4, 0.5) is 11.4 Å². The molecule has 3 heteroatoms. The molecule has 2 rings (SSSR count). The first-order valence-electron chi connectivity index (χ1n) is 7.21. The van der Waals surface area contributed by atoms with Crippen LogP contribution < -0.4 is 10.2 Å². The molecular formula is C18H21N3. The first-order chi connectivity index (χ1) is 10.2. The van der Waals surface area contributed by atoms with E-state index in [1.54, 1.807) is 0 Å². The molecule has 21 heavy (non-hydrogen) atoms. The Hall–Kier alpha value is -2.47. The lowest BCUT2D eigenvalue weighted by Crippen LogP contribution is -2.20. The predicted molar refractivity (Wildman–Crippen MR) is 88.7 cm³/mol. The minimum Gasteiger partial charge on any atom is -0.385 e. The van der Waals surface area contributed by atoms with Gasteiger partial charge in [-0.15, -0.1) is 0 Å². The molecule has 0 fully saturated rings. The van der Waals surface area contributed by atoms with Crippen LogP contribution in [-0.4, -0.2) is 20.1 Å². The topological polar surface area (TPSA) is 39.1 Å². The molecule has 0 aromatic heterocycles. The van der Waals surface area contributed by atoms with Crippen LogP contribution >= 0.6 is 0 Å². The third-order valence-electron chi connectivity index (χ3n) is 3.54. The fourth-order valence-corrected chi connectivity index (χ4v) is 2.26. The van der Waals surface area contributed by atoms with Crippen LogP contribution in [0.5, 0.6) is 0 Å². The first-order valence-corrected chi connectivity index (χ1v) is 7.21. The van der Waals surface area contributed by atoms with Gasteiger partial charge in [-0.2, -0.15) is 5.26 Å². The van der Waals surface area contributed by atoms with Crippen molar-refractivity contribution in [3.8, 4) is 6.07 Å². The maximum atomic E-state index is 8.92. The fourth-order valence-electron chi connectivity index (χ4n) is 2.26. The summed E-state index contributed by atoms with van der Waals surface area (Å²) in [5.74, 6) is 0. The quantitative estimate of drug-likeness (QED) is 0.817. The zero-order chi connectivity index (χ0) is 15.1. The average Bonchev–Trinajstić information content (AvgIpc) is 2.52. The zero-order valence-corrected chi connectivity index (χ0v) is 12.6. The van der Waals surface area contributed by atoms with Gasteiger partial charge in [-0.05, 0) is 49.2 Å². The van der Waals surface area contributed by atoms with Gasteiger partial charge in [-0.3, -0.25) is 0 Å². The molecule has 0 aliphatic heterocycles. The van der Waals surface area contributed by atoms with Crippen molar-refractivity contribution in [3.05, 3.63) is 59.7 Å². The van der Waals surface area contributed by atoms with Crippen molar-refractivity contribution in [2.45, 2.75) is 13.3 Å². The van der Waals surface area contributed by atoms with Crippen molar-refractivity contribution in [1.82, 2.24) is 0 Å². The SMILES string of the molecule is Cc1cc(NCCCN(C)c2ccccc2)ccc1C#N. The standard InChI is InChI=1S/C18H21N3/c1-15-13-17(10-9-16(15)14-19)20-11-6-12-21(2)18-7-4-3-5-8-18/h3-5,7-10,13,20H,6,11-12H2,1-2H3. The first kappa shape index (κ1) is 14.9. The molecule has 3 nitrogen and oxygen atoms in total. The summed E-state index contributed by atoms with van der Waals surface area (Å²) in [6.07, 6.45) is 1.06. The molecule has 2 aromatic rings. The fraction of sp³-hybridized carbons (Fsp3) is 0.278. The Morgan fingerprint density at radius 3 is 2.57 bits per heavy atom. The Bertz CT molecular complexity index is 614. The molecule has 0 aliphatic carbocycles. The number of hydrogen-bond acceptors (Lipinski definition) is 3. The third-order valence-corrected chi connectivity index (χ3v) is 3.54. The number of nitriles is 1. The lowest BCUT2D eigenvalue weighted by molar-refractivity contribution is 0.816. The number of para-hydroxylation sites is 1. The lowest BCUT2D eigenvalue weighted by Gasteiger charge is -2.19. The number of hydrogen-bond donors (Lipinski definition) is 1. The van der Waals surface area contributed by atoms with E-state index in [4.69, 9.17) is 5.26 Å². The van der Waals surface area contributed by atoms with Crippen LogP contribution in [-0.2, 0) is 0 Å². The molecule has 0 bridgehead atoms. The molecule has 0 saturated heterocycles. The van der Waals surface area contributed by atoms with Crippen LogP contribution in [0.3, 0.4) is 0 Å². The average molecular weight is 279 g/mol. The molecule has 1 N–H and O–H groups in total. The van der Waals surface area contributed by atoms with Gasteiger partial charge in [0.25, 0.3) is 0 Å². The van der Waals surface area contributed by atoms with Crippen molar-refractivity contribution in [2.24, 2.45) is 0 Å². The van der Waals surface area contributed by atoms with E-state index in [9.17, 15) is 0 Å². The third kappa shape index (κ3) is 4.25. The van der Waals surface area contributed by atoms with E-state index in [-0.39, 0.29) is 0 Å². The van der Waals surface area contributed by atoms with Gasteiger partial charge in [0.15, 0.2) is 0 Å². The second-order valence-electron chi connectivity index (χ2n) is 5.18. The summed E-state index contributed by atoms with van der Waals surface area (Å²) in [7, 11) is 2.11. The molecule has 108 valence electrons.